The molecule has 0 radical (unpaired) electrons. The minimum Gasteiger partial charge on any atom is -0.397 e. The summed E-state index contributed by atoms with van der Waals surface area (Å²) >= 11 is 0. The lowest BCUT2D eigenvalue weighted by Gasteiger charge is -2.43. The van der Waals surface area contributed by atoms with E-state index in [0.29, 0.717) is 11.6 Å². The summed E-state index contributed by atoms with van der Waals surface area (Å²) in [5.41, 5.74) is 7.28. The van der Waals surface area contributed by atoms with Crippen LogP contribution in [0.4, 0.5) is 15.8 Å². The number of anilines is 2. The van der Waals surface area contributed by atoms with Gasteiger partial charge in [0.2, 0.25) is 0 Å². The Morgan fingerprint density at radius 2 is 2.07 bits per heavy atom. The van der Waals surface area contributed by atoms with Gasteiger partial charge in [-0.05, 0) is 30.0 Å². The van der Waals surface area contributed by atoms with Crippen LogP contribution in [0.5, 0.6) is 0 Å². The molecule has 0 aliphatic carbocycles. The fourth-order valence-electron chi connectivity index (χ4n) is 1.94. The van der Waals surface area contributed by atoms with Crippen LogP contribution in [0.2, 0.25) is 0 Å². The molecule has 0 amide bonds. The van der Waals surface area contributed by atoms with Crippen LogP contribution in [0.25, 0.3) is 0 Å². The second kappa shape index (κ2) is 3.72. The number of nitrogens with two attached hydrogens (primary N) is 1. The van der Waals surface area contributed by atoms with E-state index in [1.807, 2.05) is 0 Å². The van der Waals surface area contributed by atoms with Crippen molar-refractivity contribution >= 4 is 11.4 Å². The van der Waals surface area contributed by atoms with E-state index in [2.05, 4.69) is 18.7 Å². The van der Waals surface area contributed by atoms with Gasteiger partial charge >= 0.3 is 0 Å². The molecular weight excluding hydrogens is 191 g/mol. The monoisotopic (exact) mass is 208 g/mol. The van der Waals surface area contributed by atoms with Crippen molar-refractivity contribution in [2.45, 2.75) is 13.8 Å². The maximum atomic E-state index is 12.8. The van der Waals surface area contributed by atoms with Crippen LogP contribution in [-0.2, 0) is 0 Å². The quantitative estimate of drug-likeness (QED) is 0.757. The van der Waals surface area contributed by atoms with Crippen molar-refractivity contribution in [3.63, 3.8) is 0 Å². The van der Waals surface area contributed by atoms with Gasteiger partial charge in [0.1, 0.15) is 5.82 Å². The van der Waals surface area contributed by atoms with E-state index in [0.717, 1.165) is 24.7 Å². The Morgan fingerprint density at radius 1 is 1.40 bits per heavy atom. The molecule has 0 aromatic heterocycles. The molecule has 2 rings (SSSR count). The van der Waals surface area contributed by atoms with E-state index in [1.54, 1.807) is 6.07 Å². The van der Waals surface area contributed by atoms with E-state index in [9.17, 15) is 4.39 Å². The summed E-state index contributed by atoms with van der Waals surface area (Å²) in [6.45, 7) is 6.53. The van der Waals surface area contributed by atoms with Gasteiger partial charge in [-0.3, -0.25) is 0 Å². The third kappa shape index (κ3) is 1.91. The molecule has 82 valence electrons. The number of benzene rings is 1. The molecule has 1 aliphatic heterocycles. The minimum absolute atomic E-state index is 0.266. The Hall–Kier alpha value is -1.25. The molecule has 0 bridgehead atoms. The zero-order valence-corrected chi connectivity index (χ0v) is 9.20. The number of rotatable bonds is 2. The predicted molar refractivity (Wildman–Crippen MR) is 61.4 cm³/mol. The van der Waals surface area contributed by atoms with Gasteiger partial charge in [0.25, 0.3) is 0 Å². The lowest BCUT2D eigenvalue weighted by atomic mass is 9.88. The number of nitrogens with zero attached hydrogens (tertiary/aromatic N) is 1. The van der Waals surface area contributed by atoms with Gasteiger partial charge in [-0.1, -0.05) is 13.8 Å². The van der Waals surface area contributed by atoms with Gasteiger partial charge in [-0.25, -0.2) is 4.39 Å². The first-order valence-corrected chi connectivity index (χ1v) is 5.38. The summed E-state index contributed by atoms with van der Waals surface area (Å²) in [6.07, 6.45) is 0. The molecule has 2 nitrogen and oxygen atoms in total. The van der Waals surface area contributed by atoms with Crippen LogP contribution in [-0.4, -0.2) is 13.1 Å². The third-order valence-corrected chi connectivity index (χ3v) is 3.18. The van der Waals surface area contributed by atoms with Crippen molar-refractivity contribution in [2.24, 2.45) is 11.8 Å². The first kappa shape index (κ1) is 10.3. The minimum atomic E-state index is -0.266. The van der Waals surface area contributed by atoms with Gasteiger partial charge in [-0.2, -0.15) is 0 Å². The van der Waals surface area contributed by atoms with E-state index in [4.69, 9.17) is 5.73 Å². The first-order chi connectivity index (χ1) is 7.08. The van der Waals surface area contributed by atoms with Crippen molar-refractivity contribution in [3.8, 4) is 0 Å². The number of hydrogen-bond donors (Lipinski definition) is 1. The predicted octanol–water partition coefficient (Wildman–Crippen LogP) is 2.50. The van der Waals surface area contributed by atoms with Crippen LogP contribution < -0.4 is 10.6 Å². The molecule has 0 unspecified atom stereocenters. The largest absolute Gasteiger partial charge is 0.397 e. The second-order valence-electron chi connectivity index (χ2n) is 4.61. The Labute approximate surface area is 89.9 Å². The van der Waals surface area contributed by atoms with Crippen LogP contribution >= 0.6 is 0 Å². The Morgan fingerprint density at radius 3 is 2.60 bits per heavy atom. The second-order valence-corrected chi connectivity index (χ2v) is 4.61. The van der Waals surface area contributed by atoms with Crippen molar-refractivity contribution in [1.82, 2.24) is 0 Å². The molecule has 1 saturated heterocycles. The standard InChI is InChI=1S/C12H17FN2/c1-8(2)9-6-15(7-9)12-4-3-10(13)5-11(12)14/h3-5,8-9H,6-7,14H2,1-2H3. The Balaban J connectivity index is 2.07. The zero-order valence-electron chi connectivity index (χ0n) is 9.20. The smallest absolute Gasteiger partial charge is 0.125 e. The third-order valence-electron chi connectivity index (χ3n) is 3.18. The van der Waals surface area contributed by atoms with E-state index >= 15 is 0 Å². The summed E-state index contributed by atoms with van der Waals surface area (Å²) in [5.74, 6) is 1.19. The van der Waals surface area contributed by atoms with Crippen LogP contribution in [0, 0.1) is 17.7 Å². The molecule has 2 N–H and O–H groups in total. The van der Waals surface area contributed by atoms with Gasteiger partial charge in [0.15, 0.2) is 0 Å². The van der Waals surface area contributed by atoms with Crippen LogP contribution in [0.3, 0.4) is 0 Å². The van der Waals surface area contributed by atoms with E-state index in [-0.39, 0.29) is 5.82 Å². The molecular formula is C12H17FN2. The molecule has 0 atom stereocenters. The highest BCUT2D eigenvalue weighted by molar-refractivity contribution is 5.68. The summed E-state index contributed by atoms with van der Waals surface area (Å²) in [6, 6.07) is 4.62. The van der Waals surface area contributed by atoms with Crippen molar-refractivity contribution < 1.29 is 4.39 Å². The summed E-state index contributed by atoms with van der Waals surface area (Å²) in [5, 5.41) is 0. The van der Waals surface area contributed by atoms with Crippen LogP contribution in [0.15, 0.2) is 18.2 Å². The highest BCUT2D eigenvalue weighted by Gasteiger charge is 2.29. The zero-order chi connectivity index (χ0) is 11.0. The highest BCUT2D eigenvalue weighted by Crippen LogP contribution is 2.32. The molecule has 0 spiro atoms. The maximum Gasteiger partial charge on any atom is 0.125 e. The molecule has 3 heteroatoms. The first-order valence-electron chi connectivity index (χ1n) is 5.38. The molecule has 0 saturated carbocycles. The van der Waals surface area contributed by atoms with Crippen LogP contribution in [0.1, 0.15) is 13.8 Å². The summed E-state index contributed by atoms with van der Waals surface area (Å²) in [7, 11) is 0. The summed E-state index contributed by atoms with van der Waals surface area (Å²) < 4.78 is 12.8. The van der Waals surface area contributed by atoms with Gasteiger partial charge in [-0.15, -0.1) is 0 Å². The molecule has 1 fully saturated rings. The SMILES string of the molecule is CC(C)C1CN(c2ccc(F)cc2N)C1. The Kier molecular flexibility index (Phi) is 2.55. The average molecular weight is 208 g/mol. The van der Waals surface area contributed by atoms with E-state index in [1.165, 1.54) is 12.1 Å². The molecule has 15 heavy (non-hydrogen) atoms. The molecule has 1 heterocycles. The molecule has 1 aromatic rings. The number of hydrogen-bond acceptors (Lipinski definition) is 2. The van der Waals surface area contributed by atoms with E-state index < -0.39 is 0 Å². The molecule has 1 aliphatic rings. The lowest BCUT2D eigenvalue weighted by Crippen LogP contribution is -2.49. The Bertz CT molecular complexity index is 357. The van der Waals surface area contributed by atoms with Gasteiger partial charge in [0, 0.05) is 13.1 Å². The molecule has 1 aromatic carbocycles. The van der Waals surface area contributed by atoms with Gasteiger partial charge in [0.05, 0.1) is 11.4 Å². The van der Waals surface area contributed by atoms with Crippen molar-refractivity contribution in [1.29, 1.82) is 0 Å². The number of halogens is 1. The normalized spacial score (nSPS) is 16.9. The maximum absolute atomic E-state index is 12.8. The highest BCUT2D eigenvalue weighted by atomic mass is 19.1. The average Bonchev–Trinajstić information content (AvgIpc) is 2.05. The topological polar surface area (TPSA) is 29.3 Å². The van der Waals surface area contributed by atoms with Crippen molar-refractivity contribution in [3.05, 3.63) is 24.0 Å². The fraction of sp³-hybridized carbons (Fsp3) is 0.500. The fourth-order valence-corrected chi connectivity index (χ4v) is 1.94. The van der Waals surface area contributed by atoms with Gasteiger partial charge < -0.3 is 10.6 Å². The lowest BCUT2D eigenvalue weighted by molar-refractivity contribution is 0.310. The summed E-state index contributed by atoms with van der Waals surface area (Å²) in [4.78, 5) is 2.21. The van der Waals surface area contributed by atoms with Crippen molar-refractivity contribution in [2.75, 3.05) is 23.7 Å². The number of nitrogen functional groups attached to an aromatic ring is 1.